The van der Waals surface area contributed by atoms with Gasteiger partial charge in [0.15, 0.2) is 0 Å². The van der Waals surface area contributed by atoms with Gasteiger partial charge in [-0.1, -0.05) is 0 Å². The third-order valence-electron chi connectivity index (χ3n) is 0. The summed E-state index contributed by atoms with van der Waals surface area (Å²) in [5.74, 6) is 0. The Morgan fingerprint density at radius 3 is 0.538 bits per heavy atom. The molecule has 0 spiro atoms. The van der Waals surface area contributed by atoms with Crippen molar-refractivity contribution in [3.8, 4) is 0 Å². The van der Waals surface area contributed by atoms with Gasteiger partial charge in [0.25, 0.3) is 0 Å². The molecule has 0 rings (SSSR count). The zero-order valence-corrected chi connectivity index (χ0v) is 11.5. The van der Waals surface area contributed by atoms with Gasteiger partial charge in [-0.2, -0.15) is 0 Å². The average Bonchev–Trinajstić information content (AvgIpc) is 1.92. The second-order valence-corrected chi connectivity index (χ2v) is 0.894. The van der Waals surface area contributed by atoms with Gasteiger partial charge in [0, 0.05) is 0 Å². The summed E-state index contributed by atoms with van der Waals surface area (Å²) in [6, 6.07) is 0. The van der Waals surface area contributed by atoms with Gasteiger partial charge in [-0.15, -0.1) is 0 Å². The molecule has 0 radical (unpaired) electrons. The Labute approximate surface area is 92.6 Å². The minimum absolute atomic E-state index is 0. The smallest absolute Gasteiger partial charge is 0.772 e. The van der Waals surface area contributed by atoms with Gasteiger partial charge in [0.1, 0.15) is 0 Å². The van der Waals surface area contributed by atoms with E-state index in [1.165, 1.54) is 0 Å². The van der Waals surface area contributed by atoms with E-state index in [1.54, 1.807) is 0 Å². The van der Waals surface area contributed by atoms with Crippen LogP contribution in [-0.2, 0) is 38.1 Å². The zero-order valence-electron chi connectivity index (χ0n) is 5.41. The van der Waals surface area contributed by atoms with E-state index in [0.29, 0.717) is 0 Å². The molecule has 0 atom stereocenters. The third kappa shape index (κ3) is 1980. The van der Waals surface area contributed by atoms with Crippen molar-refractivity contribution >= 4 is 34.7 Å². The minimum Gasteiger partial charge on any atom is -0.772 e. The molecule has 76 valence electrons. The quantitative estimate of drug-likeness (QED) is 0.398. The largest absolute Gasteiger partial charge is 4.00 e. The van der Waals surface area contributed by atoms with Gasteiger partial charge in [-0.05, 0) is 0 Å². The molecule has 0 aliphatic carbocycles. The Balaban J connectivity index is -0.0000000213. The van der Waals surface area contributed by atoms with Gasteiger partial charge in [-0.25, -0.2) is 0 Å². The van der Waals surface area contributed by atoms with E-state index in [9.17, 15) is 0 Å². The first-order valence-electron chi connectivity index (χ1n) is 1.46. The molecule has 0 aliphatic rings. The van der Waals surface area contributed by atoms with Crippen molar-refractivity contribution in [2.75, 3.05) is 0 Å². The van der Waals surface area contributed by atoms with Gasteiger partial charge in [-0.3, -0.25) is 18.3 Å². The van der Waals surface area contributed by atoms with Crippen LogP contribution in [-0.4, -0.2) is 0 Å². The Morgan fingerprint density at radius 2 is 0.538 bits per heavy atom. The predicted molar refractivity (Wildman–Crippen MR) is 30.4 cm³/mol. The summed E-state index contributed by atoms with van der Waals surface area (Å²) in [4.78, 5) is 33.4. The second-order valence-electron chi connectivity index (χ2n) is 0.298. The third-order valence-corrected chi connectivity index (χ3v) is 0. The van der Waals surface area contributed by atoms with E-state index in [0.717, 1.165) is 0 Å². The van der Waals surface area contributed by atoms with Gasteiger partial charge < -0.3 is 19.6 Å². The van der Waals surface area contributed by atoms with Crippen molar-refractivity contribution in [1.29, 1.82) is 0 Å². The topological polar surface area (TPSA) is 161 Å². The van der Waals surface area contributed by atoms with E-state index in [4.69, 9.17) is 37.8 Å². The number of hydrogen-bond donors (Lipinski definition) is 0. The fraction of sp³-hybridized carbons (Fsp3) is 0. The van der Waals surface area contributed by atoms with E-state index < -0.39 is 34.7 Å². The molecule has 0 aliphatic heterocycles. The predicted octanol–water partition coefficient (Wildman–Crippen LogP) is -1.79. The first-order chi connectivity index (χ1) is 5.66. The fourth-order valence-corrected chi connectivity index (χ4v) is 0. The Hall–Kier alpha value is 0.876. The molecule has 0 aromatic rings. The minimum atomic E-state index is -1.08. The molecular weight excluding hydrogens is 442 g/mol. The van der Waals surface area contributed by atoms with Crippen LogP contribution in [0.25, 0.3) is 0 Å². The number of hydrogen-bond acceptors (Lipinski definition) is 8. The van der Waals surface area contributed by atoms with Crippen LogP contribution in [0.1, 0.15) is 0 Å². The molecule has 0 unspecified atom stereocenters. The summed E-state index contributed by atoms with van der Waals surface area (Å²) < 4.78 is 33.4. The molecule has 0 saturated carbocycles. The van der Waals surface area contributed by atoms with Crippen molar-refractivity contribution in [1.82, 2.24) is 0 Å². The van der Waals surface area contributed by atoms with Crippen molar-refractivity contribution in [2.45, 2.75) is 0 Å². The van der Waals surface area contributed by atoms with E-state index in [1.807, 2.05) is 0 Å². The first-order valence-corrected chi connectivity index (χ1v) is 4.38. The normalized spacial score (nSPS) is 6.46. The molecule has 0 bridgehead atoms. The van der Waals surface area contributed by atoms with Crippen LogP contribution in [0.2, 0.25) is 0 Å². The Kier molecular flexibility index (Phi) is 172. The summed E-state index contributed by atoms with van der Waals surface area (Å²) in [6.07, 6.45) is 0. The van der Waals surface area contributed by atoms with Crippen LogP contribution in [0.15, 0.2) is 0 Å². The van der Waals surface area contributed by atoms with Crippen molar-refractivity contribution in [3.05, 3.63) is 0 Å². The van der Waals surface area contributed by atoms with Gasteiger partial charge in [0.05, 0.1) is 34.7 Å². The van der Waals surface area contributed by atoms with Crippen LogP contribution in [0.3, 0.4) is 0 Å². The maximum Gasteiger partial charge on any atom is 4.00 e. The second kappa shape index (κ2) is 76.4. The summed E-state index contributed by atoms with van der Waals surface area (Å²) in [7, 11) is -4.33. The van der Waals surface area contributed by atoms with E-state index >= 15 is 0 Å². The van der Waals surface area contributed by atoms with E-state index in [2.05, 4.69) is 0 Å². The summed E-state index contributed by atoms with van der Waals surface area (Å²) in [5.41, 5.74) is 0. The van der Waals surface area contributed by atoms with Crippen LogP contribution in [0, 0.1) is 0 Å². The molecule has 0 N–H and O–H groups in total. The molecule has 0 saturated heterocycles. The maximum atomic E-state index is 8.35. The molecule has 13 heavy (non-hydrogen) atoms. The Morgan fingerprint density at radius 1 is 0.538 bits per heavy atom. The standard InChI is InChI=1S/4HO2P.Os/c4*1-3-2;/h4*(H,1,2);/q;;;;+4/p-4. The van der Waals surface area contributed by atoms with E-state index in [-0.39, 0.29) is 19.8 Å². The summed E-state index contributed by atoms with van der Waals surface area (Å²) in [5, 5.41) is 0. The SMILES string of the molecule is O=P[O-].O=P[O-].O=P[O-].O=P[O-].[Os+4]. The van der Waals surface area contributed by atoms with Gasteiger partial charge >= 0.3 is 19.8 Å². The Bertz CT molecular complexity index is 70.1. The van der Waals surface area contributed by atoms with Crippen molar-refractivity contribution in [2.24, 2.45) is 0 Å². The summed E-state index contributed by atoms with van der Waals surface area (Å²) >= 11 is 0. The average molecular weight is 442 g/mol. The van der Waals surface area contributed by atoms with Gasteiger partial charge in [0.2, 0.25) is 0 Å². The molecule has 0 fully saturated rings. The molecule has 0 aromatic carbocycles. The molecule has 0 aromatic heterocycles. The zero-order chi connectivity index (χ0) is 10.8. The molecule has 13 heteroatoms. The van der Waals surface area contributed by atoms with Crippen molar-refractivity contribution < 1.29 is 57.6 Å². The number of rotatable bonds is 0. The molecule has 0 amide bonds. The van der Waals surface area contributed by atoms with Crippen LogP contribution in [0.5, 0.6) is 0 Å². The van der Waals surface area contributed by atoms with Crippen LogP contribution >= 0.6 is 34.7 Å². The first kappa shape index (κ1) is 29.2. The molecule has 0 heterocycles. The molecular formula is O8OsP4. The fourth-order valence-electron chi connectivity index (χ4n) is 0. The molecule has 8 nitrogen and oxygen atoms in total. The van der Waals surface area contributed by atoms with Crippen LogP contribution < -0.4 is 19.6 Å². The van der Waals surface area contributed by atoms with Crippen LogP contribution in [0.4, 0.5) is 0 Å². The summed E-state index contributed by atoms with van der Waals surface area (Å²) in [6.45, 7) is 0. The maximum absolute atomic E-state index is 8.35. The monoisotopic (exact) mass is 444 g/mol. The van der Waals surface area contributed by atoms with Crippen molar-refractivity contribution in [3.63, 3.8) is 0 Å².